The van der Waals surface area contributed by atoms with Crippen molar-refractivity contribution in [3.05, 3.63) is 17.5 Å². The van der Waals surface area contributed by atoms with Gasteiger partial charge in [-0.2, -0.15) is 5.26 Å². The number of hydrogen-bond donors (Lipinski definition) is 0. The molecule has 0 amide bonds. The Hall–Kier alpha value is -1.30. The molecule has 0 aromatic carbocycles. The summed E-state index contributed by atoms with van der Waals surface area (Å²) in [6.07, 6.45) is 2.38. The molecule has 0 radical (unpaired) electrons. The van der Waals surface area contributed by atoms with Crippen LogP contribution >= 0.6 is 0 Å². The molecular formula is C7H6N2O. The highest BCUT2D eigenvalue weighted by atomic mass is 16.5. The van der Waals surface area contributed by atoms with Crippen molar-refractivity contribution in [1.29, 1.82) is 5.26 Å². The van der Waals surface area contributed by atoms with E-state index in [1.165, 1.54) is 12.8 Å². The molecule has 0 unspecified atom stereocenters. The van der Waals surface area contributed by atoms with Crippen LogP contribution in [0.4, 0.5) is 0 Å². The van der Waals surface area contributed by atoms with E-state index in [2.05, 4.69) is 5.16 Å². The average molecular weight is 134 g/mol. The van der Waals surface area contributed by atoms with Crippen LogP contribution in [0.25, 0.3) is 0 Å². The minimum atomic E-state index is 0.321. The molecule has 0 atom stereocenters. The van der Waals surface area contributed by atoms with Gasteiger partial charge in [-0.25, -0.2) is 0 Å². The molecule has 50 valence electrons. The van der Waals surface area contributed by atoms with Crippen LogP contribution in [0.1, 0.15) is 30.2 Å². The molecule has 1 aromatic heterocycles. The van der Waals surface area contributed by atoms with E-state index in [-0.39, 0.29) is 0 Å². The first-order chi connectivity index (χ1) is 4.90. The van der Waals surface area contributed by atoms with Gasteiger partial charge >= 0.3 is 0 Å². The molecule has 0 saturated heterocycles. The maximum atomic E-state index is 8.37. The Morgan fingerprint density at radius 1 is 1.70 bits per heavy atom. The summed E-state index contributed by atoms with van der Waals surface area (Å²) in [5.74, 6) is 0.896. The molecule has 0 bridgehead atoms. The molecule has 1 saturated carbocycles. The van der Waals surface area contributed by atoms with Crippen LogP contribution < -0.4 is 0 Å². The van der Waals surface area contributed by atoms with Crippen LogP contribution in [0, 0.1) is 11.3 Å². The first kappa shape index (κ1) is 5.48. The van der Waals surface area contributed by atoms with E-state index in [9.17, 15) is 0 Å². The monoisotopic (exact) mass is 134 g/mol. The molecule has 1 heterocycles. The second-order valence-electron chi connectivity index (χ2n) is 2.50. The Labute approximate surface area is 58.2 Å². The topological polar surface area (TPSA) is 49.8 Å². The quantitative estimate of drug-likeness (QED) is 0.583. The van der Waals surface area contributed by atoms with Crippen molar-refractivity contribution in [2.24, 2.45) is 0 Å². The number of nitriles is 1. The average Bonchev–Trinajstić information content (AvgIpc) is 2.70. The van der Waals surface area contributed by atoms with Crippen LogP contribution in [0.15, 0.2) is 10.6 Å². The Balaban J connectivity index is 2.29. The minimum Gasteiger partial charge on any atom is -0.345 e. The minimum absolute atomic E-state index is 0.321. The van der Waals surface area contributed by atoms with Crippen LogP contribution in [0.3, 0.4) is 0 Å². The fraction of sp³-hybridized carbons (Fsp3) is 0.429. The van der Waals surface area contributed by atoms with Gasteiger partial charge in [0, 0.05) is 12.0 Å². The summed E-state index contributed by atoms with van der Waals surface area (Å²) >= 11 is 0. The van der Waals surface area contributed by atoms with E-state index in [4.69, 9.17) is 9.78 Å². The molecule has 3 heteroatoms. The Kier molecular flexibility index (Phi) is 1.01. The van der Waals surface area contributed by atoms with E-state index >= 15 is 0 Å². The number of aromatic nitrogens is 1. The third kappa shape index (κ3) is 0.781. The van der Waals surface area contributed by atoms with Crippen molar-refractivity contribution in [3.63, 3.8) is 0 Å². The van der Waals surface area contributed by atoms with E-state index in [0.717, 1.165) is 5.69 Å². The van der Waals surface area contributed by atoms with Crippen molar-refractivity contribution in [1.82, 2.24) is 5.16 Å². The standard InChI is InChI=1S/C7H6N2O/c8-4-6-3-7(9-10-6)5-1-2-5/h3,5H,1-2H2. The summed E-state index contributed by atoms with van der Waals surface area (Å²) in [6, 6.07) is 3.62. The smallest absolute Gasteiger partial charge is 0.236 e. The van der Waals surface area contributed by atoms with Gasteiger partial charge < -0.3 is 4.52 Å². The summed E-state index contributed by atoms with van der Waals surface area (Å²) < 4.78 is 4.70. The van der Waals surface area contributed by atoms with Gasteiger partial charge in [-0.3, -0.25) is 0 Å². The molecule has 0 spiro atoms. The van der Waals surface area contributed by atoms with Gasteiger partial charge in [0.2, 0.25) is 5.76 Å². The van der Waals surface area contributed by atoms with Gasteiger partial charge in [-0.15, -0.1) is 0 Å². The lowest BCUT2D eigenvalue weighted by atomic mass is 10.3. The van der Waals surface area contributed by atoms with Crippen LogP contribution in [0.5, 0.6) is 0 Å². The van der Waals surface area contributed by atoms with E-state index in [1.807, 2.05) is 6.07 Å². The molecule has 3 nitrogen and oxygen atoms in total. The number of nitrogens with zero attached hydrogens (tertiary/aromatic N) is 2. The molecule has 1 fully saturated rings. The van der Waals surface area contributed by atoms with Gasteiger partial charge in [0.15, 0.2) is 0 Å². The first-order valence-electron chi connectivity index (χ1n) is 3.27. The predicted octanol–water partition coefficient (Wildman–Crippen LogP) is 1.42. The molecular weight excluding hydrogens is 128 g/mol. The SMILES string of the molecule is N#Cc1cc(C2CC2)no1. The Morgan fingerprint density at radius 2 is 2.50 bits per heavy atom. The second kappa shape index (κ2) is 1.84. The maximum absolute atomic E-state index is 8.37. The first-order valence-corrected chi connectivity index (χ1v) is 3.27. The number of rotatable bonds is 1. The van der Waals surface area contributed by atoms with E-state index in [0.29, 0.717) is 11.7 Å². The fourth-order valence-electron chi connectivity index (χ4n) is 0.913. The van der Waals surface area contributed by atoms with Gasteiger partial charge in [-0.05, 0) is 12.8 Å². The fourth-order valence-corrected chi connectivity index (χ4v) is 0.913. The molecule has 1 aliphatic carbocycles. The summed E-state index contributed by atoms with van der Waals surface area (Å²) in [6.45, 7) is 0. The lowest BCUT2D eigenvalue weighted by Crippen LogP contribution is -1.73. The largest absolute Gasteiger partial charge is 0.345 e. The van der Waals surface area contributed by atoms with Gasteiger partial charge in [0.1, 0.15) is 6.07 Å². The third-order valence-electron chi connectivity index (χ3n) is 1.63. The van der Waals surface area contributed by atoms with Crippen molar-refractivity contribution in [2.45, 2.75) is 18.8 Å². The third-order valence-corrected chi connectivity index (χ3v) is 1.63. The zero-order valence-electron chi connectivity index (χ0n) is 5.37. The summed E-state index contributed by atoms with van der Waals surface area (Å²) in [4.78, 5) is 0. The molecule has 10 heavy (non-hydrogen) atoms. The molecule has 1 aliphatic rings. The number of hydrogen-bond acceptors (Lipinski definition) is 3. The zero-order chi connectivity index (χ0) is 6.97. The van der Waals surface area contributed by atoms with Crippen molar-refractivity contribution >= 4 is 0 Å². The highest BCUT2D eigenvalue weighted by Crippen LogP contribution is 2.39. The molecule has 2 rings (SSSR count). The summed E-state index contributed by atoms with van der Waals surface area (Å²) in [5, 5.41) is 12.1. The van der Waals surface area contributed by atoms with Crippen molar-refractivity contribution in [3.8, 4) is 6.07 Å². The van der Waals surface area contributed by atoms with Crippen molar-refractivity contribution in [2.75, 3.05) is 0 Å². The van der Waals surface area contributed by atoms with Crippen molar-refractivity contribution < 1.29 is 4.52 Å². The maximum Gasteiger partial charge on any atom is 0.236 e. The highest BCUT2D eigenvalue weighted by molar-refractivity contribution is 5.22. The van der Waals surface area contributed by atoms with Crippen LogP contribution in [-0.2, 0) is 0 Å². The van der Waals surface area contributed by atoms with Gasteiger partial charge in [-0.1, -0.05) is 5.16 Å². The molecule has 1 aromatic rings. The van der Waals surface area contributed by atoms with E-state index < -0.39 is 0 Å². The Bertz CT molecular complexity index is 280. The van der Waals surface area contributed by atoms with Gasteiger partial charge in [0.25, 0.3) is 0 Å². The summed E-state index contributed by atoms with van der Waals surface area (Å²) in [5.41, 5.74) is 0.941. The zero-order valence-corrected chi connectivity index (χ0v) is 5.37. The molecule has 0 aliphatic heterocycles. The molecule has 0 N–H and O–H groups in total. The second-order valence-corrected chi connectivity index (χ2v) is 2.50. The van der Waals surface area contributed by atoms with E-state index in [1.54, 1.807) is 6.07 Å². The van der Waals surface area contributed by atoms with Crippen LogP contribution in [0.2, 0.25) is 0 Å². The lowest BCUT2D eigenvalue weighted by Gasteiger charge is -1.78. The lowest BCUT2D eigenvalue weighted by molar-refractivity contribution is 0.402. The Morgan fingerprint density at radius 3 is 3.00 bits per heavy atom. The predicted molar refractivity (Wildman–Crippen MR) is 33.2 cm³/mol. The van der Waals surface area contributed by atoms with Crippen LogP contribution in [-0.4, -0.2) is 5.16 Å². The highest BCUT2D eigenvalue weighted by Gasteiger charge is 2.26. The normalized spacial score (nSPS) is 16.7. The summed E-state index contributed by atoms with van der Waals surface area (Å²) in [7, 11) is 0. The van der Waals surface area contributed by atoms with Gasteiger partial charge in [0.05, 0.1) is 5.69 Å².